The van der Waals surface area contributed by atoms with Gasteiger partial charge in [0.1, 0.15) is 11.9 Å². The summed E-state index contributed by atoms with van der Waals surface area (Å²) in [5.41, 5.74) is 0. The molecule has 59 heavy (non-hydrogen) atoms. The van der Waals surface area contributed by atoms with Crippen LogP contribution in [0.4, 0.5) is 0 Å². The Labute approximate surface area is 368 Å². The summed E-state index contributed by atoms with van der Waals surface area (Å²) < 4.78 is 37.6. The van der Waals surface area contributed by atoms with Gasteiger partial charge in [-0.15, -0.1) is 0 Å². The molecule has 0 rings (SSSR count). The predicted octanol–water partition coefficient (Wildman–Crippen LogP) is 13.6. The molecule has 0 saturated carbocycles. The second-order valence-electron chi connectivity index (χ2n) is 17.5. The highest BCUT2D eigenvalue weighted by atomic mass is 32.2. The van der Waals surface area contributed by atoms with Crippen LogP contribution < -0.4 is 0 Å². The highest BCUT2D eigenvalue weighted by Gasteiger charge is 2.15. The van der Waals surface area contributed by atoms with Crippen LogP contribution >= 0.6 is 0 Å². The lowest BCUT2D eigenvalue weighted by Crippen LogP contribution is -2.28. The molecule has 9 nitrogen and oxygen atoms in total. The van der Waals surface area contributed by atoms with Crippen molar-refractivity contribution in [3.05, 3.63) is 0 Å². The van der Waals surface area contributed by atoms with E-state index in [0.717, 1.165) is 122 Å². The highest BCUT2D eigenvalue weighted by Crippen LogP contribution is 2.19. The number of nitrogens with zero attached hydrogens (tertiary/aromatic N) is 3. The van der Waals surface area contributed by atoms with Crippen molar-refractivity contribution in [2.45, 2.75) is 258 Å². The number of rotatable bonds is 45. The van der Waals surface area contributed by atoms with Crippen LogP contribution in [0, 0.1) is 0 Å². The molecule has 0 saturated heterocycles. The first kappa shape index (κ1) is 57.5. The zero-order valence-corrected chi connectivity index (χ0v) is 40.4. The third kappa shape index (κ3) is 41.6. The second kappa shape index (κ2) is 44.5. The Morgan fingerprint density at radius 3 is 1.34 bits per heavy atom. The molecule has 1 unspecified atom stereocenters. The lowest BCUT2D eigenvalue weighted by atomic mass is 10.0. The van der Waals surface area contributed by atoms with Crippen molar-refractivity contribution < 1.29 is 27.8 Å². The minimum atomic E-state index is -2.43. The molecule has 0 aliphatic rings. The summed E-state index contributed by atoms with van der Waals surface area (Å²) in [4.78, 5) is 29.4. The largest absolute Gasteiger partial charge is 0.754 e. The molecule has 0 radical (unpaired) electrons. The zero-order valence-electron chi connectivity index (χ0n) is 39.6. The maximum absolute atomic E-state index is 12.8. The van der Waals surface area contributed by atoms with Crippen LogP contribution in [0.25, 0.3) is 0 Å². The van der Waals surface area contributed by atoms with Crippen molar-refractivity contribution in [3.8, 4) is 0 Å². The Hall–Kier alpha value is -1.52. The second-order valence-corrected chi connectivity index (χ2v) is 18.1. The molecule has 350 valence electrons. The van der Waals surface area contributed by atoms with Gasteiger partial charge in [-0.1, -0.05) is 162 Å². The van der Waals surface area contributed by atoms with Gasteiger partial charge in [-0.25, -0.2) is 0 Å². The monoisotopic (exact) mass is 855 g/mol. The summed E-state index contributed by atoms with van der Waals surface area (Å²) in [5, 5.41) is 0. The third-order valence-electron chi connectivity index (χ3n) is 11.6. The quantitative estimate of drug-likeness (QED) is 0.0196. The summed E-state index contributed by atoms with van der Waals surface area (Å²) >= 11 is -2.43. The van der Waals surface area contributed by atoms with Crippen LogP contribution in [-0.2, 0) is 30.3 Å². The fraction of sp³-hybridized carbons (Fsp3) is 0.939. The zero-order chi connectivity index (χ0) is 43.4. The van der Waals surface area contributed by atoms with Gasteiger partial charge in [0.25, 0.3) is 0 Å². The summed E-state index contributed by atoms with van der Waals surface area (Å²) in [7, 11) is 3.68. The number of hydrogen-bond acceptors (Lipinski definition) is 7. The summed E-state index contributed by atoms with van der Waals surface area (Å²) in [5.74, 6) is 0.555. The number of esters is 2. The molecular formula is C49H96N3O6S-. The van der Waals surface area contributed by atoms with Crippen LogP contribution in [-0.4, -0.2) is 82.8 Å². The van der Waals surface area contributed by atoms with Crippen molar-refractivity contribution in [3.63, 3.8) is 0 Å². The Bertz CT molecular complexity index is 981. The summed E-state index contributed by atoms with van der Waals surface area (Å²) in [6, 6.07) is 0. The molecule has 0 N–H and O–H groups in total. The van der Waals surface area contributed by atoms with Gasteiger partial charge in [0.05, 0.1) is 17.9 Å². The first-order chi connectivity index (χ1) is 28.7. The molecule has 0 spiro atoms. The van der Waals surface area contributed by atoms with Crippen LogP contribution in [0.3, 0.4) is 0 Å². The van der Waals surface area contributed by atoms with Gasteiger partial charge in [-0.05, 0) is 90.3 Å². The minimum Gasteiger partial charge on any atom is -0.754 e. The van der Waals surface area contributed by atoms with E-state index < -0.39 is 11.3 Å². The lowest BCUT2D eigenvalue weighted by molar-refractivity contribution is -0.150. The Morgan fingerprint density at radius 2 is 0.881 bits per heavy atom. The van der Waals surface area contributed by atoms with Crippen molar-refractivity contribution >= 4 is 29.0 Å². The normalized spacial score (nSPS) is 12.4. The van der Waals surface area contributed by atoms with Crippen molar-refractivity contribution in [1.82, 2.24) is 9.80 Å². The molecule has 0 aromatic carbocycles. The van der Waals surface area contributed by atoms with Gasteiger partial charge in [0.15, 0.2) is 0 Å². The number of carbonyl (C=O) groups excluding carboxylic acids is 2. The number of unbranched alkanes of at least 4 members (excludes halogenated alkanes) is 25. The van der Waals surface area contributed by atoms with E-state index >= 15 is 0 Å². The molecule has 0 aromatic rings. The van der Waals surface area contributed by atoms with Crippen LogP contribution in [0.5, 0.6) is 0 Å². The van der Waals surface area contributed by atoms with Gasteiger partial charge >= 0.3 is 11.9 Å². The molecule has 0 aromatic heterocycles. The maximum Gasteiger partial charge on any atom is 0.306 e. The summed E-state index contributed by atoms with van der Waals surface area (Å²) in [6.45, 7) is 10.4. The van der Waals surface area contributed by atoms with Crippen molar-refractivity contribution in [1.29, 1.82) is 0 Å². The Balaban J connectivity index is 4.55. The van der Waals surface area contributed by atoms with Crippen LogP contribution in [0.15, 0.2) is 4.40 Å². The molecule has 0 aliphatic carbocycles. The number of ether oxygens (including phenoxy) is 2. The molecule has 0 amide bonds. The number of hydrogen-bond donors (Lipinski definition) is 0. The smallest absolute Gasteiger partial charge is 0.306 e. The Kier molecular flexibility index (Phi) is 43.4. The van der Waals surface area contributed by atoms with E-state index in [1.165, 1.54) is 109 Å². The molecular weight excluding hydrogens is 759 g/mol. The van der Waals surface area contributed by atoms with E-state index in [0.29, 0.717) is 31.7 Å². The first-order valence-electron chi connectivity index (χ1n) is 25.1. The third-order valence-corrected chi connectivity index (χ3v) is 12.0. The van der Waals surface area contributed by atoms with E-state index in [2.05, 4.69) is 30.1 Å². The van der Waals surface area contributed by atoms with E-state index in [9.17, 15) is 18.4 Å². The SMILES string of the molecule is CCCCCCCCCOC(=O)CCCCCCCN(CCCCCCCC(=O)OC(CCCCCCCC)CCCCCCCC)CCCCC(=NS(=O)[O-])N(C)C. The average Bonchev–Trinajstić information content (AvgIpc) is 3.21. The summed E-state index contributed by atoms with van der Waals surface area (Å²) in [6.07, 6.45) is 40.4. The molecule has 0 heterocycles. The number of amidine groups is 1. The minimum absolute atomic E-state index is 0.000776. The average molecular weight is 855 g/mol. The lowest BCUT2D eigenvalue weighted by Gasteiger charge is -2.23. The molecule has 1 atom stereocenters. The van der Waals surface area contributed by atoms with Crippen LogP contribution in [0.1, 0.15) is 252 Å². The molecule has 10 heteroatoms. The van der Waals surface area contributed by atoms with Crippen molar-refractivity contribution in [2.75, 3.05) is 40.3 Å². The molecule has 0 bridgehead atoms. The predicted molar refractivity (Wildman–Crippen MR) is 251 cm³/mol. The Morgan fingerprint density at radius 1 is 0.508 bits per heavy atom. The van der Waals surface area contributed by atoms with Crippen LogP contribution in [0.2, 0.25) is 0 Å². The van der Waals surface area contributed by atoms with Gasteiger partial charge in [-0.3, -0.25) is 13.8 Å². The highest BCUT2D eigenvalue weighted by molar-refractivity contribution is 7.77. The van der Waals surface area contributed by atoms with Gasteiger partial charge < -0.3 is 23.8 Å². The molecule has 0 fully saturated rings. The van der Waals surface area contributed by atoms with Gasteiger partial charge in [0.2, 0.25) is 0 Å². The fourth-order valence-electron chi connectivity index (χ4n) is 7.79. The van der Waals surface area contributed by atoms with E-state index in [1.807, 2.05) is 14.1 Å². The van der Waals surface area contributed by atoms with E-state index in [4.69, 9.17) is 9.47 Å². The topological polar surface area (TPSA) is 112 Å². The van der Waals surface area contributed by atoms with E-state index in [1.54, 1.807) is 4.90 Å². The molecule has 0 aliphatic heterocycles. The van der Waals surface area contributed by atoms with Crippen molar-refractivity contribution in [2.24, 2.45) is 4.40 Å². The van der Waals surface area contributed by atoms with Gasteiger partial charge in [0, 0.05) is 33.4 Å². The fourth-order valence-corrected chi connectivity index (χ4v) is 8.22. The van der Waals surface area contributed by atoms with Gasteiger partial charge in [-0.2, -0.15) is 4.40 Å². The maximum atomic E-state index is 12.8. The standard InChI is InChI=1S/C49H97N3O6S/c1-6-9-12-15-18-27-36-45-57-48(53)40-30-23-19-25-33-42-52(44-35-32-39-47(51(4)5)50-59(55)56)43-34-26-20-24-31-41-49(54)58-46(37-28-21-16-13-10-7-2)38-29-22-17-14-11-8-3/h46H,6-45H2,1-5H3,(H,55,56)/p-1. The first-order valence-corrected chi connectivity index (χ1v) is 26.2. The van der Waals surface area contributed by atoms with E-state index in [-0.39, 0.29) is 18.0 Å². The number of carbonyl (C=O) groups is 2.